The number of nitrogens with zero attached hydrogens (tertiary/aromatic N) is 2. The SMILES string of the molecule is CC(=O)N(CCC(=O)NCc1cccc(C)c1)CCN(C)C. The monoisotopic (exact) mass is 305 g/mol. The summed E-state index contributed by atoms with van der Waals surface area (Å²) in [5.41, 5.74) is 2.27. The molecule has 0 aliphatic heterocycles. The van der Waals surface area contributed by atoms with E-state index in [9.17, 15) is 9.59 Å². The van der Waals surface area contributed by atoms with E-state index in [0.717, 1.165) is 12.1 Å². The lowest BCUT2D eigenvalue weighted by Crippen LogP contribution is -2.38. The van der Waals surface area contributed by atoms with E-state index in [2.05, 4.69) is 11.4 Å². The summed E-state index contributed by atoms with van der Waals surface area (Å²) in [6, 6.07) is 8.06. The van der Waals surface area contributed by atoms with Crippen molar-refractivity contribution in [2.24, 2.45) is 0 Å². The molecule has 0 atom stereocenters. The molecule has 1 rings (SSSR count). The highest BCUT2D eigenvalue weighted by Gasteiger charge is 2.11. The largest absolute Gasteiger partial charge is 0.352 e. The Morgan fingerprint density at radius 2 is 1.86 bits per heavy atom. The molecule has 0 spiro atoms. The molecule has 0 unspecified atom stereocenters. The molecule has 0 aliphatic carbocycles. The Hall–Kier alpha value is -1.88. The molecule has 5 nitrogen and oxygen atoms in total. The molecule has 0 fully saturated rings. The Balaban J connectivity index is 2.35. The molecule has 0 bridgehead atoms. The van der Waals surface area contributed by atoms with Gasteiger partial charge in [0.2, 0.25) is 11.8 Å². The van der Waals surface area contributed by atoms with Gasteiger partial charge in [-0.05, 0) is 26.6 Å². The van der Waals surface area contributed by atoms with Gasteiger partial charge in [-0.2, -0.15) is 0 Å². The Morgan fingerprint density at radius 1 is 1.14 bits per heavy atom. The van der Waals surface area contributed by atoms with Gasteiger partial charge in [-0.3, -0.25) is 9.59 Å². The van der Waals surface area contributed by atoms with Crippen molar-refractivity contribution in [2.45, 2.75) is 26.8 Å². The van der Waals surface area contributed by atoms with Crippen LogP contribution in [0.15, 0.2) is 24.3 Å². The zero-order chi connectivity index (χ0) is 16.5. The fourth-order valence-electron chi connectivity index (χ4n) is 2.10. The van der Waals surface area contributed by atoms with E-state index < -0.39 is 0 Å². The first-order chi connectivity index (χ1) is 10.4. The van der Waals surface area contributed by atoms with Crippen molar-refractivity contribution in [2.75, 3.05) is 33.7 Å². The van der Waals surface area contributed by atoms with E-state index in [1.807, 2.05) is 44.1 Å². The van der Waals surface area contributed by atoms with Crippen LogP contribution in [-0.4, -0.2) is 55.3 Å². The van der Waals surface area contributed by atoms with Gasteiger partial charge in [0.1, 0.15) is 0 Å². The summed E-state index contributed by atoms with van der Waals surface area (Å²) in [6.07, 6.45) is 0.332. The van der Waals surface area contributed by atoms with Crippen LogP contribution in [0, 0.1) is 6.92 Å². The lowest BCUT2D eigenvalue weighted by Gasteiger charge is -2.22. The zero-order valence-electron chi connectivity index (χ0n) is 14.1. The highest BCUT2D eigenvalue weighted by molar-refractivity contribution is 5.78. The quantitative estimate of drug-likeness (QED) is 0.790. The first kappa shape index (κ1) is 18.2. The number of likely N-dealkylation sites (N-methyl/N-ethyl adjacent to an activating group) is 1. The molecule has 1 aromatic rings. The fraction of sp³-hybridized carbons (Fsp3) is 0.529. The summed E-state index contributed by atoms with van der Waals surface area (Å²) >= 11 is 0. The third-order valence-electron chi connectivity index (χ3n) is 3.44. The van der Waals surface area contributed by atoms with Crippen molar-refractivity contribution in [3.63, 3.8) is 0 Å². The summed E-state index contributed by atoms with van der Waals surface area (Å²) < 4.78 is 0. The van der Waals surface area contributed by atoms with Crippen molar-refractivity contribution in [1.82, 2.24) is 15.1 Å². The van der Waals surface area contributed by atoms with E-state index in [4.69, 9.17) is 0 Å². The van der Waals surface area contributed by atoms with Crippen LogP contribution in [0.2, 0.25) is 0 Å². The van der Waals surface area contributed by atoms with Crippen LogP contribution in [0.5, 0.6) is 0 Å². The molecule has 0 saturated carbocycles. The van der Waals surface area contributed by atoms with Gasteiger partial charge in [0, 0.05) is 39.5 Å². The number of hydrogen-bond donors (Lipinski definition) is 1. The Labute approximate surface area is 133 Å². The van der Waals surface area contributed by atoms with Gasteiger partial charge in [-0.1, -0.05) is 29.8 Å². The highest BCUT2D eigenvalue weighted by Crippen LogP contribution is 2.03. The van der Waals surface area contributed by atoms with Crippen molar-refractivity contribution in [3.8, 4) is 0 Å². The first-order valence-corrected chi connectivity index (χ1v) is 7.61. The number of aryl methyl sites for hydroxylation is 1. The van der Waals surface area contributed by atoms with Crippen molar-refractivity contribution in [1.29, 1.82) is 0 Å². The van der Waals surface area contributed by atoms with Crippen molar-refractivity contribution < 1.29 is 9.59 Å². The Kier molecular flexibility index (Phi) is 7.60. The maximum absolute atomic E-state index is 11.9. The Bertz CT molecular complexity index is 500. The second-order valence-electron chi connectivity index (χ2n) is 5.83. The minimum Gasteiger partial charge on any atom is -0.352 e. The minimum atomic E-state index is -0.0300. The van der Waals surface area contributed by atoms with Crippen molar-refractivity contribution in [3.05, 3.63) is 35.4 Å². The normalized spacial score (nSPS) is 10.6. The molecular weight excluding hydrogens is 278 g/mol. The van der Waals surface area contributed by atoms with Crippen LogP contribution in [0.1, 0.15) is 24.5 Å². The number of benzene rings is 1. The van der Waals surface area contributed by atoms with Gasteiger partial charge < -0.3 is 15.1 Å². The van der Waals surface area contributed by atoms with Gasteiger partial charge >= 0.3 is 0 Å². The lowest BCUT2D eigenvalue weighted by atomic mass is 10.1. The van der Waals surface area contributed by atoms with E-state index >= 15 is 0 Å². The number of nitrogens with one attached hydrogen (secondary N) is 1. The highest BCUT2D eigenvalue weighted by atomic mass is 16.2. The predicted octanol–water partition coefficient (Wildman–Crippen LogP) is 1.41. The molecule has 0 heterocycles. The molecular formula is C17H27N3O2. The summed E-state index contributed by atoms with van der Waals surface area (Å²) in [7, 11) is 3.93. The first-order valence-electron chi connectivity index (χ1n) is 7.61. The summed E-state index contributed by atoms with van der Waals surface area (Å²) in [5, 5.41) is 2.90. The van der Waals surface area contributed by atoms with Crippen LogP contribution in [0.3, 0.4) is 0 Å². The fourth-order valence-corrected chi connectivity index (χ4v) is 2.10. The van der Waals surface area contributed by atoms with E-state index in [1.54, 1.807) is 11.8 Å². The third-order valence-corrected chi connectivity index (χ3v) is 3.44. The maximum Gasteiger partial charge on any atom is 0.222 e. The minimum absolute atomic E-state index is 0.00772. The summed E-state index contributed by atoms with van der Waals surface area (Å²) in [6.45, 7) is 6.00. The van der Waals surface area contributed by atoms with Crippen LogP contribution in [-0.2, 0) is 16.1 Å². The van der Waals surface area contributed by atoms with Crippen molar-refractivity contribution >= 4 is 11.8 Å². The number of carbonyl (C=O) groups is 2. The molecule has 0 aliphatic rings. The molecule has 5 heteroatoms. The van der Waals surface area contributed by atoms with Crippen LogP contribution < -0.4 is 5.32 Å². The molecule has 0 aromatic heterocycles. The molecule has 22 heavy (non-hydrogen) atoms. The predicted molar refractivity (Wildman–Crippen MR) is 88.5 cm³/mol. The summed E-state index contributed by atoms with van der Waals surface area (Å²) in [5.74, 6) is -0.0223. The standard InChI is InChI=1S/C17H27N3O2/c1-14-6-5-7-16(12-14)13-18-17(22)8-9-20(15(2)21)11-10-19(3)4/h5-7,12H,8-11,13H2,1-4H3,(H,18,22). The van der Waals surface area contributed by atoms with Gasteiger partial charge in [-0.25, -0.2) is 0 Å². The maximum atomic E-state index is 11.9. The smallest absolute Gasteiger partial charge is 0.222 e. The van der Waals surface area contributed by atoms with E-state index in [-0.39, 0.29) is 11.8 Å². The number of rotatable bonds is 8. The van der Waals surface area contributed by atoms with Gasteiger partial charge in [0.15, 0.2) is 0 Å². The average molecular weight is 305 g/mol. The molecule has 1 aromatic carbocycles. The second-order valence-corrected chi connectivity index (χ2v) is 5.83. The Morgan fingerprint density at radius 3 is 2.45 bits per heavy atom. The molecule has 0 saturated heterocycles. The average Bonchev–Trinajstić information content (AvgIpc) is 2.44. The van der Waals surface area contributed by atoms with Gasteiger partial charge in [0.25, 0.3) is 0 Å². The van der Waals surface area contributed by atoms with Crippen LogP contribution in [0.25, 0.3) is 0 Å². The number of carbonyl (C=O) groups excluding carboxylic acids is 2. The number of amides is 2. The number of hydrogen-bond acceptors (Lipinski definition) is 3. The molecule has 122 valence electrons. The van der Waals surface area contributed by atoms with Crippen LogP contribution in [0.4, 0.5) is 0 Å². The molecule has 0 radical (unpaired) electrons. The second kappa shape index (κ2) is 9.20. The van der Waals surface area contributed by atoms with Gasteiger partial charge in [0.05, 0.1) is 0 Å². The van der Waals surface area contributed by atoms with E-state index in [0.29, 0.717) is 26.1 Å². The van der Waals surface area contributed by atoms with E-state index in [1.165, 1.54) is 5.56 Å². The van der Waals surface area contributed by atoms with Gasteiger partial charge in [-0.15, -0.1) is 0 Å². The topological polar surface area (TPSA) is 52.7 Å². The molecule has 1 N–H and O–H groups in total. The van der Waals surface area contributed by atoms with Crippen LogP contribution >= 0.6 is 0 Å². The summed E-state index contributed by atoms with van der Waals surface area (Å²) in [4.78, 5) is 27.2. The zero-order valence-corrected chi connectivity index (χ0v) is 14.1. The lowest BCUT2D eigenvalue weighted by molar-refractivity contribution is -0.129. The third kappa shape index (κ3) is 7.22. The molecule has 2 amide bonds.